The number of carbonyl (C=O) groups is 2. The standard InChI is InChI=1S/C12H23N.C12H22O2.C7H12O3.C4H11N/c1-3-7-11(8-4-1)13-12-9-5-2-6-10-12;1-3-5-7-8-10(13)12-11(14-12)9-6-4-2;1-2-3-4-5-6(10-5)7(8)9;1-2-3-4-5/h11-13H,1-10H2;11-12H,3-9H2,1-2H3;5-6H,2-4H2,1H3,(H,8,9);2-5H2,1H3/t;11-,12-;5-,6+;/m.11./s1. The second-order valence-electron chi connectivity index (χ2n) is 12.7. The van der Waals surface area contributed by atoms with Crippen molar-refractivity contribution >= 4 is 11.8 Å². The molecule has 2 saturated heterocycles. The van der Waals surface area contributed by atoms with Crippen molar-refractivity contribution in [2.75, 3.05) is 6.54 Å². The molecule has 2 aliphatic carbocycles. The number of carbonyl (C=O) groups excluding carboxylic acids is 1. The van der Waals surface area contributed by atoms with E-state index < -0.39 is 12.1 Å². The van der Waals surface area contributed by atoms with Gasteiger partial charge in [-0.15, -0.1) is 0 Å². The lowest BCUT2D eigenvalue weighted by Crippen LogP contribution is -2.40. The Kier molecular flexibility index (Phi) is 23.5. The number of unbranched alkanes of at least 4 members (excludes halogenated alkanes) is 5. The highest BCUT2D eigenvalue weighted by atomic mass is 16.6. The first-order valence-electron chi connectivity index (χ1n) is 17.9. The van der Waals surface area contributed by atoms with Gasteiger partial charge in [-0.3, -0.25) is 4.79 Å². The maximum absolute atomic E-state index is 11.5. The molecule has 4 atom stereocenters. The van der Waals surface area contributed by atoms with Gasteiger partial charge in [0, 0.05) is 18.5 Å². The predicted octanol–water partition coefficient (Wildman–Crippen LogP) is 8.11. The summed E-state index contributed by atoms with van der Waals surface area (Å²) in [4.78, 5) is 21.7. The molecule has 7 heteroatoms. The van der Waals surface area contributed by atoms with Crippen LogP contribution < -0.4 is 11.1 Å². The van der Waals surface area contributed by atoms with Crippen molar-refractivity contribution in [2.45, 2.75) is 205 Å². The number of nitrogens with two attached hydrogens (primary N) is 1. The van der Waals surface area contributed by atoms with E-state index in [0.29, 0.717) is 5.78 Å². The van der Waals surface area contributed by atoms with Crippen LogP contribution in [0.1, 0.15) is 169 Å². The molecule has 2 heterocycles. The molecule has 0 amide bonds. The Balaban J connectivity index is 0.000000295. The van der Waals surface area contributed by atoms with E-state index in [2.05, 4.69) is 33.0 Å². The van der Waals surface area contributed by atoms with Gasteiger partial charge in [0.1, 0.15) is 6.10 Å². The first-order chi connectivity index (χ1) is 20.4. The zero-order chi connectivity index (χ0) is 31.0. The number of epoxide rings is 2. The van der Waals surface area contributed by atoms with Crippen LogP contribution in [0.5, 0.6) is 0 Å². The third-order valence-corrected chi connectivity index (χ3v) is 8.68. The van der Waals surface area contributed by atoms with E-state index in [0.717, 1.165) is 63.6 Å². The van der Waals surface area contributed by atoms with Crippen molar-refractivity contribution in [3.8, 4) is 0 Å². The molecule has 0 aromatic heterocycles. The van der Waals surface area contributed by atoms with Gasteiger partial charge in [-0.2, -0.15) is 0 Å². The van der Waals surface area contributed by atoms with Crippen LogP contribution in [0.3, 0.4) is 0 Å². The van der Waals surface area contributed by atoms with E-state index in [9.17, 15) is 9.59 Å². The molecule has 7 nitrogen and oxygen atoms in total. The summed E-state index contributed by atoms with van der Waals surface area (Å²) < 4.78 is 10.2. The fourth-order valence-electron chi connectivity index (χ4n) is 5.80. The number of aliphatic carboxylic acids is 1. The smallest absolute Gasteiger partial charge is 0.335 e. The molecule has 4 N–H and O–H groups in total. The first-order valence-corrected chi connectivity index (χ1v) is 17.9. The van der Waals surface area contributed by atoms with E-state index in [1.807, 2.05) is 0 Å². The first kappa shape index (κ1) is 39.0. The van der Waals surface area contributed by atoms with Gasteiger partial charge in [-0.1, -0.05) is 111 Å². The van der Waals surface area contributed by atoms with Crippen molar-refractivity contribution in [3.63, 3.8) is 0 Å². The minimum Gasteiger partial charge on any atom is -0.479 e. The molecule has 0 spiro atoms. The van der Waals surface area contributed by atoms with Gasteiger partial charge in [-0.05, 0) is 57.9 Å². The maximum atomic E-state index is 11.5. The predicted molar refractivity (Wildman–Crippen MR) is 174 cm³/mol. The van der Waals surface area contributed by atoms with E-state index in [4.69, 9.17) is 20.3 Å². The summed E-state index contributed by atoms with van der Waals surface area (Å²) in [5.74, 6) is -0.486. The van der Waals surface area contributed by atoms with Gasteiger partial charge in [-0.25, -0.2) is 4.79 Å². The molecule has 0 radical (unpaired) electrons. The minimum atomic E-state index is -0.818. The number of Topliss-reactive ketones (excluding diaryl/α,β-unsaturated/α-hetero) is 1. The average molecular weight is 597 g/mol. The SMILES string of the molecule is C1CCC(NC2CCCCC2)CC1.CCCCCC(=O)[C@H]1O[C@@H]1CCCC.CCCCN.CCCC[C@H]1O[C@@H]1C(=O)O. The van der Waals surface area contributed by atoms with Crippen molar-refractivity contribution in [3.05, 3.63) is 0 Å². The van der Waals surface area contributed by atoms with Crippen LogP contribution >= 0.6 is 0 Å². The van der Waals surface area contributed by atoms with Crippen LogP contribution in [0, 0.1) is 0 Å². The summed E-state index contributed by atoms with van der Waals surface area (Å²) in [6.07, 6.45) is 27.3. The van der Waals surface area contributed by atoms with Crippen LogP contribution in [-0.2, 0) is 19.1 Å². The quantitative estimate of drug-likeness (QED) is 0.122. The summed E-state index contributed by atoms with van der Waals surface area (Å²) in [5, 5.41) is 12.3. The van der Waals surface area contributed by atoms with Crippen molar-refractivity contribution in [2.24, 2.45) is 5.73 Å². The molecular weight excluding hydrogens is 528 g/mol. The largest absolute Gasteiger partial charge is 0.479 e. The Hall–Kier alpha value is -1.02. The number of carboxylic acid groups (broad SMARTS) is 1. The normalized spacial score (nSPS) is 25.1. The van der Waals surface area contributed by atoms with Gasteiger partial charge in [0.2, 0.25) is 0 Å². The number of carboxylic acids is 1. The molecular formula is C35H68N2O5. The minimum absolute atomic E-state index is 0.0115. The molecule has 42 heavy (non-hydrogen) atoms. The van der Waals surface area contributed by atoms with E-state index in [-0.39, 0.29) is 18.3 Å². The Bertz CT molecular complexity index is 646. The highest BCUT2D eigenvalue weighted by Crippen LogP contribution is 2.29. The van der Waals surface area contributed by atoms with Gasteiger partial charge in [0.25, 0.3) is 0 Å². The molecule has 2 aliphatic heterocycles. The molecule has 0 aromatic carbocycles. The van der Waals surface area contributed by atoms with Crippen LogP contribution in [0.2, 0.25) is 0 Å². The second kappa shape index (κ2) is 25.3. The fourth-order valence-corrected chi connectivity index (χ4v) is 5.80. The van der Waals surface area contributed by atoms with E-state index >= 15 is 0 Å². The molecule has 0 unspecified atom stereocenters. The van der Waals surface area contributed by atoms with Gasteiger partial charge in [0.15, 0.2) is 11.9 Å². The Labute approximate surface area is 258 Å². The van der Waals surface area contributed by atoms with Gasteiger partial charge >= 0.3 is 5.97 Å². The lowest BCUT2D eigenvalue weighted by molar-refractivity contribution is -0.138. The summed E-state index contributed by atoms with van der Waals surface area (Å²) in [6, 6.07) is 1.74. The number of ketones is 1. The lowest BCUT2D eigenvalue weighted by atomic mass is 9.91. The third-order valence-electron chi connectivity index (χ3n) is 8.68. The Morgan fingerprint density at radius 1 is 0.667 bits per heavy atom. The summed E-state index contributed by atoms with van der Waals surface area (Å²) in [7, 11) is 0. The zero-order valence-electron chi connectivity index (χ0n) is 27.9. The van der Waals surface area contributed by atoms with Crippen molar-refractivity contribution in [1.29, 1.82) is 0 Å². The van der Waals surface area contributed by atoms with E-state index in [1.54, 1.807) is 0 Å². The number of nitrogens with one attached hydrogen (secondary N) is 1. The van der Waals surface area contributed by atoms with Crippen LogP contribution in [0.25, 0.3) is 0 Å². The Morgan fingerprint density at radius 2 is 1.12 bits per heavy atom. The molecule has 4 fully saturated rings. The van der Waals surface area contributed by atoms with Gasteiger partial charge in [0.05, 0.1) is 12.2 Å². The molecule has 4 rings (SSSR count). The average Bonchev–Trinajstić information content (AvgIpc) is 3.93. The highest BCUT2D eigenvalue weighted by Gasteiger charge is 2.44. The lowest BCUT2D eigenvalue weighted by Gasteiger charge is -2.30. The van der Waals surface area contributed by atoms with Crippen LogP contribution in [-0.4, -0.2) is 59.9 Å². The van der Waals surface area contributed by atoms with Gasteiger partial charge < -0.3 is 25.6 Å². The topological polar surface area (TPSA) is 117 Å². The fraction of sp³-hybridized carbons (Fsp3) is 0.943. The number of hydrogen-bond acceptors (Lipinski definition) is 6. The second-order valence-corrected chi connectivity index (χ2v) is 12.7. The monoisotopic (exact) mass is 597 g/mol. The Morgan fingerprint density at radius 3 is 1.50 bits per heavy atom. The summed E-state index contributed by atoms with van der Waals surface area (Å²) in [5.41, 5.74) is 5.14. The number of rotatable bonds is 16. The molecule has 2 saturated carbocycles. The summed E-state index contributed by atoms with van der Waals surface area (Å²) >= 11 is 0. The summed E-state index contributed by atoms with van der Waals surface area (Å²) in [6.45, 7) is 9.38. The molecule has 0 aromatic rings. The van der Waals surface area contributed by atoms with Crippen LogP contribution in [0.4, 0.5) is 0 Å². The third kappa shape index (κ3) is 19.3. The molecule has 4 aliphatic rings. The highest BCUT2D eigenvalue weighted by molar-refractivity contribution is 5.85. The number of hydrogen-bond donors (Lipinski definition) is 3. The molecule has 0 bridgehead atoms. The number of ether oxygens (including phenoxy) is 2. The maximum Gasteiger partial charge on any atom is 0.335 e. The van der Waals surface area contributed by atoms with E-state index in [1.165, 1.54) is 96.3 Å². The van der Waals surface area contributed by atoms with Crippen molar-refractivity contribution < 1.29 is 24.2 Å². The zero-order valence-corrected chi connectivity index (χ0v) is 27.9. The molecule has 248 valence electrons. The van der Waals surface area contributed by atoms with Crippen molar-refractivity contribution in [1.82, 2.24) is 5.32 Å². The van der Waals surface area contributed by atoms with Crippen LogP contribution in [0.15, 0.2) is 0 Å².